The smallest absolute Gasteiger partial charge is 0.387 e. The summed E-state index contributed by atoms with van der Waals surface area (Å²) in [7, 11) is 3.41. The highest BCUT2D eigenvalue weighted by Gasteiger charge is 2.35. The van der Waals surface area contributed by atoms with Crippen molar-refractivity contribution in [1.82, 2.24) is 24.9 Å². The van der Waals surface area contributed by atoms with Gasteiger partial charge < -0.3 is 19.5 Å². The third kappa shape index (κ3) is 3.86. The molecule has 31 heavy (non-hydrogen) atoms. The maximum atomic E-state index is 13.4. The molecule has 2 N–H and O–H groups in total. The van der Waals surface area contributed by atoms with Crippen LogP contribution in [-0.4, -0.2) is 43.9 Å². The van der Waals surface area contributed by atoms with Gasteiger partial charge in [-0.1, -0.05) is 11.6 Å². The van der Waals surface area contributed by atoms with Gasteiger partial charge in [-0.05, 0) is 49.1 Å². The largest absolute Gasteiger partial charge is 0.416 e. The minimum absolute atomic E-state index is 0.0718. The molecular formula is C20H20ClFN6O3. The Morgan fingerprint density at radius 3 is 2.84 bits per heavy atom. The summed E-state index contributed by atoms with van der Waals surface area (Å²) in [5, 5.41) is 12.7. The molecule has 162 valence electrons. The van der Waals surface area contributed by atoms with E-state index in [4.69, 9.17) is 16.3 Å². The van der Waals surface area contributed by atoms with Gasteiger partial charge in [0.25, 0.3) is 11.8 Å². The van der Waals surface area contributed by atoms with Gasteiger partial charge in [0.1, 0.15) is 17.2 Å². The highest BCUT2D eigenvalue weighted by Crippen LogP contribution is 2.38. The number of benzene rings is 1. The quantitative estimate of drug-likeness (QED) is 0.636. The highest BCUT2D eigenvalue weighted by molar-refractivity contribution is 6.31. The number of nitrogens with one attached hydrogen (secondary N) is 2. The Balaban J connectivity index is 1.53. The van der Waals surface area contributed by atoms with Gasteiger partial charge >= 0.3 is 6.09 Å². The van der Waals surface area contributed by atoms with E-state index in [-0.39, 0.29) is 22.9 Å². The van der Waals surface area contributed by atoms with Gasteiger partial charge in [-0.25, -0.2) is 9.18 Å². The lowest BCUT2D eigenvalue weighted by molar-refractivity contribution is 0.101. The molecule has 2 heterocycles. The van der Waals surface area contributed by atoms with Crippen LogP contribution in [0.15, 0.2) is 24.4 Å². The summed E-state index contributed by atoms with van der Waals surface area (Å²) < 4.78 is 20.4. The van der Waals surface area contributed by atoms with Crippen LogP contribution in [0.4, 0.5) is 14.9 Å². The van der Waals surface area contributed by atoms with Crippen LogP contribution in [0, 0.1) is 12.7 Å². The molecule has 0 saturated carbocycles. The fourth-order valence-corrected chi connectivity index (χ4v) is 3.98. The van der Waals surface area contributed by atoms with E-state index >= 15 is 0 Å². The van der Waals surface area contributed by atoms with Crippen LogP contribution in [-0.2, 0) is 13.5 Å². The van der Waals surface area contributed by atoms with Crippen molar-refractivity contribution >= 4 is 29.3 Å². The molecule has 1 aliphatic carbocycles. The standard InChI is InChI=1S/C20H20ClFN6O3/c1-10-19(25-26-24-10)31-20(30)28(3)16-7-5-12-13(16)9-27(2)17(12)18(29)23-11-4-6-15(22)14(21)8-11/h4,6,8-9,16H,5,7H2,1-3H3,(H,23,29)(H,24,25,26). The minimum atomic E-state index is -0.564. The number of ether oxygens (including phenoxy) is 1. The van der Waals surface area contributed by atoms with Gasteiger partial charge in [0.15, 0.2) is 0 Å². The number of rotatable bonds is 4. The highest BCUT2D eigenvalue weighted by atomic mass is 35.5. The normalized spacial score (nSPS) is 14.9. The summed E-state index contributed by atoms with van der Waals surface area (Å²) in [6, 6.07) is 3.75. The number of carbonyl (C=O) groups excluding carboxylic acids is 2. The molecule has 1 aliphatic rings. The number of halogens is 2. The van der Waals surface area contributed by atoms with Gasteiger partial charge in [-0.3, -0.25) is 4.79 Å². The van der Waals surface area contributed by atoms with Gasteiger partial charge in [-0.15, -0.1) is 5.10 Å². The summed E-state index contributed by atoms with van der Waals surface area (Å²) in [6.07, 6.45) is 2.54. The molecular weight excluding hydrogens is 427 g/mol. The zero-order valence-corrected chi connectivity index (χ0v) is 17.8. The Kier molecular flexibility index (Phi) is 5.40. The molecule has 2 amide bonds. The molecule has 0 bridgehead atoms. The number of fused-ring (bicyclic) bond motifs is 1. The molecule has 0 radical (unpaired) electrons. The van der Waals surface area contributed by atoms with Crippen molar-refractivity contribution in [3.8, 4) is 5.88 Å². The van der Waals surface area contributed by atoms with Crippen LogP contribution in [0.5, 0.6) is 5.88 Å². The lowest BCUT2D eigenvalue weighted by Crippen LogP contribution is -2.32. The molecule has 0 saturated heterocycles. The Bertz CT molecular complexity index is 1170. The molecule has 0 aliphatic heterocycles. The Morgan fingerprint density at radius 2 is 2.16 bits per heavy atom. The van der Waals surface area contributed by atoms with E-state index in [0.717, 1.165) is 11.1 Å². The zero-order chi connectivity index (χ0) is 22.3. The second kappa shape index (κ2) is 8.03. The van der Waals surface area contributed by atoms with Crippen molar-refractivity contribution in [3.63, 3.8) is 0 Å². The summed E-state index contributed by atoms with van der Waals surface area (Å²) >= 11 is 5.80. The van der Waals surface area contributed by atoms with Crippen LogP contribution in [0.3, 0.4) is 0 Å². The number of aromatic nitrogens is 4. The Hall–Kier alpha value is -3.40. The number of carbonyl (C=O) groups is 2. The lowest BCUT2D eigenvalue weighted by Gasteiger charge is -2.23. The van der Waals surface area contributed by atoms with E-state index in [0.29, 0.717) is 29.9 Å². The van der Waals surface area contributed by atoms with Crippen molar-refractivity contribution in [2.75, 3.05) is 12.4 Å². The number of nitrogens with zero attached hydrogens (tertiary/aromatic N) is 4. The van der Waals surface area contributed by atoms with E-state index in [9.17, 15) is 14.0 Å². The van der Waals surface area contributed by atoms with Crippen molar-refractivity contribution in [1.29, 1.82) is 0 Å². The molecule has 4 rings (SSSR count). The van der Waals surface area contributed by atoms with Crippen molar-refractivity contribution in [2.24, 2.45) is 7.05 Å². The van der Waals surface area contributed by atoms with E-state index < -0.39 is 11.9 Å². The van der Waals surface area contributed by atoms with E-state index in [2.05, 4.69) is 20.7 Å². The monoisotopic (exact) mass is 446 g/mol. The van der Waals surface area contributed by atoms with Crippen molar-refractivity contribution < 1.29 is 18.7 Å². The molecule has 9 nitrogen and oxygen atoms in total. The molecule has 0 spiro atoms. The predicted octanol–water partition coefficient (Wildman–Crippen LogP) is 3.61. The lowest BCUT2D eigenvalue weighted by atomic mass is 10.1. The molecule has 1 unspecified atom stereocenters. The molecule has 0 fully saturated rings. The van der Waals surface area contributed by atoms with Gasteiger partial charge in [-0.2, -0.15) is 10.3 Å². The average molecular weight is 447 g/mol. The first-order chi connectivity index (χ1) is 14.8. The molecule has 11 heteroatoms. The number of amides is 2. The predicted molar refractivity (Wildman–Crippen MR) is 111 cm³/mol. The van der Waals surface area contributed by atoms with E-state index in [1.165, 1.54) is 23.1 Å². The second-order valence-corrected chi connectivity index (χ2v) is 7.76. The van der Waals surface area contributed by atoms with Gasteiger partial charge in [0.05, 0.1) is 11.1 Å². The third-order valence-corrected chi connectivity index (χ3v) is 5.65. The summed E-state index contributed by atoms with van der Waals surface area (Å²) in [4.78, 5) is 27.0. The van der Waals surface area contributed by atoms with E-state index in [1.807, 2.05) is 6.20 Å². The van der Waals surface area contributed by atoms with Crippen LogP contribution in [0.2, 0.25) is 5.02 Å². The number of anilines is 1. The average Bonchev–Trinajstić information content (AvgIpc) is 3.39. The molecule has 2 aromatic heterocycles. The number of hydrogen-bond donors (Lipinski definition) is 2. The first-order valence-corrected chi connectivity index (χ1v) is 9.90. The van der Waals surface area contributed by atoms with Gasteiger partial charge in [0, 0.05) is 26.0 Å². The summed E-state index contributed by atoms with van der Waals surface area (Å²) in [5.74, 6) is -0.769. The maximum absolute atomic E-state index is 13.4. The van der Waals surface area contributed by atoms with Crippen LogP contribution < -0.4 is 10.1 Å². The second-order valence-electron chi connectivity index (χ2n) is 7.35. The fourth-order valence-electron chi connectivity index (χ4n) is 3.80. The topological polar surface area (TPSA) is 105 Å². The van der Waals surface area contributed by atoms with Gasteiger partial charge in [0.2, 0.25) is 0 Å². The number of aromatic amines is 1. The van der Waals surface area contributed by atoms with Crippen LogP contribution in [0.25, 0.3) is 0 Å². The SMILES string of the molecule is Cc1n[nH]nc1OC(=O)N(C)C1CCc2c1cn(C)c2C(=O)Nc1ccc(F)c(Cl)c1. The fraction of sp³-hybridized carbons (Fsp3) is 0.300. The maximum Gasteiger partial charge on any atom is 0.416 e. The molecule has 1 atom stereocenters. The van der Waals surface area contributed by atoms with E-state index in [1.54, 1.807) is 25.6 Å². The molecule has 3 aromatic rings. The Labute approximate surface area is 182 Å². The summed E-state index contributed by atoms with van der Waals surface area (Å²) in [6.45, 7) is 1.68. The number of hydrogen-bond acceptors (Lipinski definition) is 5. The number of H-pyrrole nitrogens is 1. The minimum Gasteiger partial charge on any atom is -0.387 e. The van der Waals surface area contributed by atoms with Crippen LogP contribution >= 0.6 is 11.6 Å². The zero-order valence-electron chi connectivity index (χ0n) is 17.1. The summed E-state index contributed by atoms with van der Waals surface area (Å²) in [5.41, 5.74) is 3.08. The van der Waals surface area contributed by atoms with Crippen molar-refractivity contribution in [2.45, 2.75) is 25.8 Å². The first kappa shape index (κ1) is 20.9. The first-order valence-electron chi connectivity index (χ1n) is 9.52. The Morgan fingerprint density at radius 1 is 1.39 bits per heavy atom. The number of aryl methyl sites for hydroxylation is 2. The van der Waals surface area contributed by atoms with Crippen LogP contribution in [0.1, 0.15) is 39.8 Å². The third-order valence-electron chi connectivity index (χ3n) is 5.36. The van der Waals surface area contributed by atoms with Crippen molar-refractivity contribution in [3.05, 3.63) is 57.8 Å². The molecule has 1 aromatic carbocycles.